The summed E-state index contributed by atoms with van der Waals surface area (Å²) >= 11 is 0. The third-order valence-electron chi connectivity index (χ3n) is 14.0. The number of piperidine rings is 1. The highest BCUT2D eigenvalue weighted by Crippen LogP contribution is 2.38. The summed E-state index contributed by atoms with van der Waals surface area (Å²) in [6, 6.07) is -1.42. The fourth-order valence-corrected chi connectivity index (χ4v) is 9.62. The van der Waals surface area contributed by atoms with E-state index < -0.39 is 129 Å². The molecule has 65 heavy (non-hydrogen) atoms. The number of hydrogen-bond acceptors (Lipinski definition) is 12. The molecule has 1 saturated carbocycles. The highest BCUT2D eigenvalue weighted by Gasteiger charge is 2.53. The van der Waals surface area contributed by atoms with Gasteiger partial charge in [-0.3, -0.25) is 14.4 Å². The number of nitrogens with zero attached hydrogens (tertiary/aromatic N) is 1. The molecule has 4 aliphatic rings. The van der Waals surface area contributed by atoms with E-state index in [2.05, 4.69) is 6.58 Å². The summed E-state index contributed by atoms with van der Waals surface area (Å²) < 4.78 is 95.9. The predicted octanol–water partition coefficient (Wildman–Crippen LogP) is 7.17. The number of carbonyl (C=O) groups excluding carboxylic acids is 4. The Morgan fingerprint density at radius 2 is 1.72 bits per heavy atom. The lowest BCUT2D eigenvalue weighted by atomic mass is 9.78. The third-order valence-corrected chi connectivity index (χ3v) is 14.0. The normalized spacial score (nSPS) is 42.1. The lowest BCUT2D eigenvalue weighted by Gasteiger charge is -2.42. The molecule has 366 valence electrons. The number of esters is 1. The van der Waals surface area contributed by atoms with Crippen LogP contribution in [0.25, 0.3) is 0 Å². The SMILES string of the molecule is [2H]C([2H])([2H])O[C@H]1C[C@@H]2CC([2H])([2H])[C@@H](C)[C@@](O)(O2)C(=O)C(=O)N2CCCC[C@H]2C(=O)O[C@H]([C@H](C)C[C@@H]2CC[C@@H](O)[C@H](OC)C2)CC(=O)[C@H](C([2H])([2H])[2H])/C=C(\C)[C@@H](O)[C@@H](OC)C(=C)[C@H](C)C[C@H](C)/C=C/C=CC=C1C. The van der Waals surface area contributed by atoms with Gasteiger partial charge >= 0.3 is 5.97 Å². The van der Waals surface area contributed by atoms with Crippen molar-refractivity contribution >= 4 is 23.4 Å². The topological polar surface area (TPSA) is 178 Å². The van der Waals surface area contributed by atoms with Gasteiger partial charge in [0.25, 0.3) is 11.7 Å². The zero-order chi connectivity index (χ0) is 55.0. The second-order valence-electron chi connectivity index (χ2n) is 19.0. The first-order valence-electron chi connectivity index (χ1n) is 27.3. The molecule has 0 unspecified atom stereocenters. The highest BCUT2D eigenvalue weighted by atomic mass is 16.6. The second kappa shape index (κ2) is 25.2. The molecule has 3 aliphatic heterocycles. The maximum absolute atomic E-state index is 14.5. The first-order chi connectivity index (χ1) is 33.8. The van der Waals surface area contributed by atoms with Gasteiger partial charge in [-0.1, -0.05) is 77.6 Å². The fourth-order valence-electron chi connectivity index (χ4n) is 9.62. The van der Waals surface area contributed by atoms with Crippen molar-refractivity contribution in [2.24, 2.45) is 35.5 Å². The molecule has 0 aromatic carbocycles. The molecule has 0 radical (unpaired) electrons. The lowest BCUT2D eigenvalue weighted by Crippen LogP contribution is -2.61. The van der Waals surface area contributed by atoms with Gasteiger partial charge in [-0.15, -0.1) is 0 Å². The van der Waals surface area contributed by atoms with Crippen molar-refractivity contribution < 1.29 is 69.1 Å². The molecule has 3 fully saturated rings. The van der Waals surface area contributed by atoms with E-state index in [1.165, 1.54) is 34.1 Å². The molecule has 2 saturated heterocycles. The summed E-state index contributed by atoms with van der Waals surface area (Å²) in [4.78, 5) is 58.9. The Bertz CT molecular complexity index is 2060. The average molecular weight is 920 g/mol. The number of Topliss-reactive ketones (excluding diaryl/α,β-unsaturated/α-hetero) is 2. The van der Waals surface area contributed by atoms with Gasteiger partial charge in [-0.05, 0) is 118 Å². The molecular weight excluding hydrogens is 831 g/mol. The van der Waals surface area contributed by atoms with Crippen molar-refractivity contribution in [1.29, 1.82) is 0 Å². The Balaban J connectivity index is 1.83. The number of rotatable bonds is 6. The number of allylic oxidation sites excluding steroid dienone is 6. The molecule has 1 amide bonds. The van der Waals surface area contributed by atoms with Crippen LogP contribution in [0.15, 0.2) is 59.8 Å². The number of aliphatic hydroxyl groups excluding tert-OH is 2. The summed E-state index contributed by atoms with van der Waals surface area (Å²) in [5.74, 6) is -12.1. The highest BCUT2D eigenvalue weighted by molar-refractivity contribution is 6.39. The number of fused-ring (bicyclic) bond motifs is 3. The lowest BCUT2D eigenvalue weighted by molar-refractivity contribution is -0.265. The number of ether oxygens (including phenoxy) is 5. The van der Waals surface area contributed by atoms with Gasteiger partial charge in [0.05, 0.1) is 28.5 Å². The van der Waals surface area contributed by atoms with Crippen LogP contribution in [-0.2, 0) is 42.9 Å². The molecule has 0 aromatic rings. The van der Waals surface area contributed by atoms with Crippen LogP contribution in [0.4, 0.5) is 0 Å². The van der Waals surface area contributed by atoms with Crippen molar-refractivity contribution in [3.8, 4) is 0 Å². The number of methoxy groups -OCH3 is 3. The van der Waals surface area contributed by atoms with E-state index in [4.69, 9.17) is 34.7 Å². The van der Waals surface area contributed by atoms with Crippen molar-refractivity contribution in [1.82, 2.24) is 4.90 Å². The van der Waals surface area contributed by atoms with Gasteiger partial charge in [0.2, 0.25) is 5.79 Å². The second-order valence-corrected chi connectivity index (χ2v) is 19.0. The van der Waals surface area contributed by atoms with Crippen molar-refractivity contribution in [3.63, 3.8) is 0 Å². The quantitative estimate of drug-likeness (QED) is 0.139. The van der Waals surface area contributed by atoms with Crippen LogP contribution in [0.1, 0.15) is 136 Å². The van der Waals surface area contributed by atoms with Gasteiger partial charge in [-0.2, -0.15) is 0 Å². The van der Waals surface area contributed by atoms with E-state index >= 15 is 0 Å². The van der Waals surface area contributed by atoms with Crippen LogP contribution >= 0.6 is 0 Å². The van der Waals surface area contributed by atoms with Crippen LogP contribution in [0.3, 0.4) is 0 Å². The Morgan fingerprint density at radius 1 is 0.969 bits per heavy atom. The molecule has 0 spiro atoms. The van der Waals surface area contributed by atoms with Crippen LogP contribution in [0.5, 0.6) is 0 Å². The van der Waals surface area contributed by atoms with Gasteiger partial charge in [0.1, 0.15) is 30.1 Å². The third kappa shape index (κ3) is 14.4. The minimum absolute atomic E-state index is 0.00637. The van der Waals surface area contributed by atoms with Crippen LogP contribution < -0.4 is 0 Å². The van der Waals surface area contributed by atoms with Crippen molar-refractivity contribution in [3.05, 3.63) is 59.8 Å². The van der Waals surface area contributed by atoms with Crippen LogP contribution in [-0.4, -0.2) is 126 Å². The maximum atomic E-state index is 14.5. The molecular formula is C52H81NO12. The molecule has 3 N–H and O–H groups in total. The van der Waals surface area contributed by atoms with Gasteiger partial charge in [0.15, 0.2) is 0 Å². The van der Waals surface area contributed by atoms with Gasteiger partial charge < -0.3 is 43.9 Å². The first kappa shape index (κ1) is 43.0. The number of carbonyl (C=O) groups is 4. The Morgan fingerprint density at radius 3 is 2.42 bits per heavy atom. The summed E-state index contributed by atoms with van der Waals surface area (Å²) in [5.41, 5.74) is 1.07. The number of aliphatic hydroxyl groups is 3. The zero-order valence-electron chi connectivity index (χ0n) is 47.7. The monoisotopic (exact) mass is 920 g/mol. The molecule has 2 bridgehead atoms. The summed E-state index contributed by atoms with van der Waals surface area (Å²) in [7, 11) is -0.0259. The fraction of sp³-hybridized carbons (Fsp3) is 0.731. The Labute approximate surface area is 399 Å². The van der Waals surface area contributed by atoms with E-state index in [9.17, 15) is 34.5 Å². The van der Waals surface area contributed by atoms with Gasteiger partial charge in [0, 0.05) is 59.3 Å². The molecule has 15 atom stereocenters. The smallest absolute Gasteiger partial charge is 0.329 e. The number of cyclic esters (lactones) is 1. The average Bonchev–Trinajstić information content (AvgIpc) is 3.30. The summed E-state index contributed by atoms with van der Waals surface area (Å²) in [6.45, 7) is 11.1. The molecule has 0 aromatic heterocycles. The maximum Gasteiger partial charge on any atom is 0.329 e. The van der Waals surface area contributed by atoms with Crippen molar-refractivity contribution in [2.45, 2.75) is 180 Å². The van der Waals surface area contributed by atoms with E-state index in [0.717, 1.165) is 4.90 Å². The summed E-state index contributed by atoms with van der Waals surface area (Å²) in [6.07, 6.45) is 2.06. The van der Waals surface area contributed by atoms with E-state index in [1.54, 1.807) is 38.2 Å². The van der Waals surface area contributed by atoms with Crippen LogP contribution in [0, 0.1) is 35.5 Å². The number of amides is 1. The molecule has 3 heterocycles. The minimum atomic E-state index is -3.08. The van der Waals surface area contributed by atoms with Gasteiger partial charge in [-0.25, -0.2) is 4.79 Å². The van der Waals surface area contributed by atoms with E-state index in [-0.39, 0.29) is 42.7 Å². The number of ketones is 2. The van der Waals surface area contributed by atoms with Crippen LogP contribution in [0.2, 0.25) is 0 Å². The number of hydrogen-bond donors (Lipinski definition) is 3. The first-order valence-corrected chi connectivity index (χ1v) is 23.3. The molecule has 1 aliphatic carbocycles. The Kier molecular flexibility index (Phi) is 16.7. The molecule has 13 nitrogen and oxygen atoms in total. The predicted molar refractivity (Wildman–Crippen MR) is 249 cm³/mol. The zero-order valence-corrected chi connectivity index (χ0v) is 39.7. The molecule has 4 rings (SSSR count). The largest absolute Gasteiger partial charge is 0.460 e. The van der Waals surface area contributed by atoms with Crippen molar-refractivity contribution in [2.75, 3.05) is 27.8 Å². The standard InChI is InChI=1S/C52H81NO12/c1-31-17-13-12-14-18-32(2)44(61-9)29-40-22-20-37(7)52(60,65-40)49(57)50(58)53-24-16-15-19-41(53)51(59)64-45(35(5)27-39-21-23-42(54)46(28-39)62-10)30-43(55)34(4)26-36(6)47(56)48(63-11)38(8)33(3)25-31/h12-14,17-18,26,31,33-35,37,39-42,44-48,54,56,60H,8,15-16,19-25,27-30H2,1-7,9-11H3/b14-12?,17-13+,32-18?,36-26+/t31-,33-,34-,35-,37-,39+,40+,41+,42-,44+,45+,46-,47-,48+,52-/m1/s1/i4D3,9D3,20D2. The van der Waals surface area contributed by atoms with E-state index in [0.29, 0.717) is 56.1 Å². The molecule has 13 heteroatoms. The van der Waals surface area contributed by atoms with E-state index in [1.807, 2.05) is 19.9 Å². The Hall–Kier alpha value is -3.30. The summed E-state index contributed by atoms with van der Waals surface area (Å²) in [5, 5.41) is 34.3. The minimum Gasteiger partial charge on any atom is -0.460 e.